The largest absolute Gasteiger partial charge is 0.383 e. The quantitative estimate of drug-likeness (QED) is 0.806. The van der Waals surface area contributed by atoms with Crippen LogP contribution in [0.2, 0.25) is 0 Å². The summed E-state index contributed by atoms with van der Waals surface area (Å²) in [5.41, 5.74) is 6.81. The molecule has 0 aliphatic rings. The summed E-state index contributed by atoms with van der Waals surface area (Å²) < 4.78 is 21.3. The van der Waals surface area contributed by atoms with Gasteiger partial charge in [-0.1, -0.05) is 26.5 Å². The lowest BCUT2D eigenvalue weighted by Crippen LogP contribution is -2.00. The van der Waals surface area contributed by atoms with Crippen LogP contribution in [0, 0.1) is 5.92 Å². The first-order valence-electron chi connectivity index (χ1n) is 5.07. The number of alkyl halides is 2. The Morgan fingerprint density at radius 1 is 1.50 bits per heavy atom. The van der Waals surface area contributed by atoms with Crippen molar-refractivity contribution in [1.82, 2.24) is 4.98 Å². The molecule has 4 heteroatoms. The Hall–Kier alpha value is -1.45. The summed E-state index contributed by atoms with van der Waals surface area (Å²) in [7, 11) is 0. The maximum Gasteiger partial charge on any atom is 0.256 e. The van der Waals surface area contributed by atoms with Crippen molar-refractivity contribution in [2.75, 3.05) is 5.73 Å². The van der Waals surface area contributed by atoms with Crippen LogP contribution in [0.3, 0.4) is 0 Å². The third-order valence-electron chi connectivity index (χ3n) is 1.73. The minimum absolute atomic E-state index is 0.583. The normalized spacial score (nSPS) is 9.88. The summed E-state index contributed by atoms with van der Waals surface area (Å²) in [5, 5.41) is 0. The predicted octanol–water partition coefficient (Wildman–Crippen LogP) is 3.30. The Balaban J connectivity index is 0.000000385. The molecule has 2 nitrogen and oxygen atoms in total. The summed E-state index contributed by atoms with van der Waals surface area (Å²) >= 11 is 0. The van der Waals surface area contributed by atoms with Crippen LogP contribution in [0.5, 0.6) is 0 Å². The third kappa shape index (κ3) is 6.92. The van der Waals surface area contributed by atoms with Gasteiger partial charge in [-0.2, -0.15) is 0 Å². The van der Waals surface area contributed by atoms with E-state index in [0.29, 0.717) is 17.8 Å². The van der Waals surface area contributed by atoms with Crippen molar-refractivity contribution in [1.29, 1.82) is 0 Å². The zero-order valence-electron chi connectivity index (χ0n) is 9.66. The first kappa shape index (κ1) is 14.6. The van der Waals surface area contributed by atoms with Gasteiger partial charge in [-0.3, -0.25) is 0 Å². The lowest BCUT2D eigenvalue weighted by Gasteiger charge is -2.05. The number of hydrogen-bond acceptors (Lipinski definition) is 2. The monoisotopic (exact) mass is 228 g/mol. The van der Waals surface area contributed by atoms with E-state index in [2.05, 4.69) is 25.4 Å². The van der Waals surface area contributed by atoms with Gasteiger partial charge in [0, 0.05) is 6.20 Å². The molecule has 0 bridgehead atoms. The second-order valence-corrected chi connectivity index (χ2v) is 3.72. The zero-order chi connectivity index (χ0) is 12.6. The van der Waals surface area contributed by atoms with E-state index in [-0.39, 0.29) is 0 Å². The van der Waals surface area contributed by atoms with Gasteiger partial charge in [0.1, 0.15) is 5.82 Å². The summed E-state index contributed by atoms with van der Waals surface area (Å²) in [6, 6.07) is 3.95. The molecule has 0 amide bonds. The summed E-state index contributed by atoms with van der Waals surface area (Å²) in [6.07, 6.45) is 0.966. The van der Waals surface area contributed by atoms with Crippen molar-refractivity contribution < 1.29 is 8.78 Å². The number of anilines is 1. The van der Waals surface area contributed by atoms with Crippen LogP contribution in [0.1, 0.15) is 19.4 Å². The first-order valence-corrected chi connectivity index (χ1v) is 5.07. The van der Waals surface area contributed by atoms with Gasteiger partial charge in [-0.05, 0) is 30.0 Å². The van der Waals surface area contributed by atoms with Crippen LogP contribution < -0.4 is 5.73 Å². The molecule has 90 valence electrons. The van der Waals surface area contributed by atoms with Gasteiger partial charge < -0.3 is 5.73 Å². The molecule has 0 aliphatic carbocycles. The van der Waals surface area contributed by atoms with E-state index in [1.165, 1.54) is 0 Å². The molecule has 0 radical (unpaired) electrons. The highest BCUT2D eigenvalue weighted by atomic mass is 19.3. The minimum atomic E-state index is -2.35. The molecule has 0 fully saturated rings. The number of pyridine rings is 1. The lowest BCUT2D eigenvalue weighted by molar-refractivity contribution is 0.204. The number of hydrogen-bond donors (Lipinski definition) is 1. The van der Waals surface area contributed by atoms with Gasteiger partial charge in [0.05, 0.1) is 0 Å². The highest BCUT2D eigenvalue weighted by Crippen LogP contribution is 2.12. The average Bonchev–Trinajstić information content (AvgIpc) is 2.22. The Morgan fingerprint density at radius 3 is 2.44 bits per heavy atom. The number of rotatable bonds is 3. The molecule has 0 saturated carbocycles. The van der Waals surface area contributed by atoms with Crippen LogP contribution in [-0.4, -0.2) is 11.4 Å². The van der Waals surface area contributed by atoms with Crippen LogP contribution in [0.15, 0.2) is 31.0 Å². The Labute approximate surface area is 95.2 Å². The third-order valence-corrected chi connectivity index (χ3v) is 1.73. The predicted molar refractivity (Wildman–Crippen MR) is 63.4 cm³/mol. The van der Waals surface area contributed by atoms with E-state index in [4.69, 9.17) is 5.73 Å². The molecule has 1 rings (SSSR count). The number of nitrogens with zero attached hydrogens (tertiary/aromatic N) is 1. The molecule has 0 atom stereocenters. The van der Waals surface area contributed by atoms with Crippen molar-refractivity contribution >= 4 is 5.82 Å². The molecule has 0 saturated heterocycles. The van der Waals surface area contributed by atoms with Crippen molar-refractivity contribution in [3.8, 4) is 0 Å². The van der Waals surface area contributed by atoms with E-state index < -0.39 is 6.43 Å². The summed E-state index contributed by atoms with van der Waals surface area (Å²) in [5.74, 6) is 1.31. The fourth-order valence-electron chi connectivity index (χ4n) is 1.06. The van der Waals surface area contributed by atoms with Crippen molar-refractivity contribution in [3.63, 3.8) is 0 Å². The van der Waals surface area contributed by atoms with Crippen LogP contribution in [0.4, 0.5) is 14.6 Å². The lowest BCUT2D eigenvalue weighted by atomic mass is 10.0. The van der Waals surface area contributed by atoms with Crippen LogP contribution >= 0.6 is 0 Å². The van der Waals surface area contributed by atoms with E-state index in [1.807, 2.05) is 12.1 Å². The van der Waals surface area contributed by atoms with Gasteiger partial charge >= 0.3 is 0 Å². The van der Waals surface area contributed by atoms with Gasteiger partial charge in [-0.25, -0.2) is 13.8 Å². The van der Waals surface area contributed by atoms with Gasteiger partial charge in [-0.15, -0.1) is 0 Å². The van der Waals surface area contributed by atoms with E-state index >= 15 is 0 Å². The number of halogens is 2. The SMILES string of the molecule is C=CC(F)F.CC(C)Cc1cccnc1N. The Morgan fingerprint density at radius 2 is 2.06 bits per heavy atom. The standard InChI is InChI=1S/C9H14N2.C3H4F2/c1-7(2)6-8-4-3-5-11-9(8)10;1-2-3(4)5/h3-5,7H,6H2,1-2H3,(H2,10,11);2-3H,1H2. The molecule has 1 aromatic rings. The highest BCUT2D eigenvalue weighted by Gasteiger charge is 2.00. The van der Waals surface area contributed by atoms with Crippen LogP contribution in [-0.2, 0) is 6.42 Å². The van der Waals surface area contributed by atoms with Gasteiger partial charge in [0.2, 0.25) is 0 Å². The van der Waals surface area contributed by atoms with Crippen molar-refractivity contribution in [2.45, 2.75) is 26.7 Å². The number of nitrogens with two attached hydrogens (primary N) is 1. The number of allylic oxidation sites excluding steroid dienone is 1. The summed E-state index contributed by atoms with van der Waals surface area (Å²) in [6.45, 7) is 7.16. The Kier molecular flexibility index (Phi) is 7.09. The number of aromatic nitrogens is 1. The summed E-state index contributed by atoms with van der Waals surface area (Å²) in [4.78, 5) is 4.01. The molecule has 2 N–H and O–H groups in total. The van der Waals surface area contributed by atoms with E-state index in [9.17, 15) is 8.78 Å². The smallest absolute Gasteiger partial charge is 0.256 e. The zero-order valence-corrected chi connectivity index (χ0v) is 9.66. The minimum Gasteiger partial charge on any atom is -0.383 e. The molecule has 16 heavy (non-hydrogen) atoms. The van der Waals surface area contributed by atoms with E-state index in [0.717, 1.165) is 12.0 Å². The second-order valence-electron chi connectivity index (χ2n) is 3.72. The first-order chi connectivity index (χ1) is 7.47. The van der Waals surface area contributed by atoms with Crippen molar-refractivity contribution in [2.24, 2.45) is 5.92 Å². The maximum absolute atomic E-state index is 10.6. The fraction of sp³-hybridized carbons (Fsp3) is 0.417. The second kappa shape index (κ2) is 7.79. The fourth-order valence-corrected chi connectivity index (χ4v) is 1.06. The molecular weight excluding hydrogens is 210 g/mol. The van der Waals surface area contributed by atoms with Crippen LogP contribution in [0.25, 0.3) is 0 Å². The van der Waals surface area contributed by atoms with Gasteiger partial charge in [0.25, 0.3) is 6.43 Å². The highest BCUT2D eigenvalue weighted by molar-refractivity contribution is 5.38. The average molecular weight is 228 g/mol. The molecule has 0 aromatic carbocycles. The van der Waals surface area contributed by atoms with E-state index in [1.54, 1.807) is 6.20 Å². The number of nitrogen functional groups attached to an aromatic ring is 1. The molecular formula is C12H18F2N2. The maximum atomic E-state index is 10.6. The molecule has 0 aliphatic heterocycles. The topological polar surface area (TPSA) is 38.9 Å². The molecule has 0 unspecified atom stereocenters. The molecule has 1 heterocycles. The Bertz CT molecular complexity index is 312. The molecule has 1 aromatic heterocycles. The van der Waals surface area contributed by atoms with Crippen molar-refractivity contribution in [3.05, 3.63) is 36.5 Å². The van der Waals surface area contributed by atoms with Gasteiger partial charge in [0.15, 0.2) is 0 Å². The molecule has 0 spiro atoms.